The van der Waals surface area contributed by atoms with Gasteiger partial charge >= 0.3 is 0 Å². The molecule has 0 aromatic heterocycles. The van der Waals surface area contributed by atoms with Crippen LogP contribution in [0.4, 0.5) is 0 Å². The van der Waals surface area contributed by atoms with Crippen LogP contribution in [0.5, 0.6) is 0 Å². The molecule has 2 rings (SSSR count). The summed E-state index contributed by atoms with van der Waals surface area (Å²) in [7, 11) is 0. The van der Waals surface area contributed by atoms with Crippen LogP contribution in [0.1, 0.15) is 59.3 Å². The molecule has 0 aromatic rings. The molecular weight excluding hydrogens is 212 g/mol. The van der Waals surface area contributed by atoms with Crippen LogP contribution in [-0.4, -0.2) is 19.0 Å². The third-order valence-corrected chi connectivity index (χ3v) is 4.62. The molecule has 17 heavy (non-hydrogen) atoms. The summed E-state index contributed by atoms with van der Waals surface area (Å²) in [5.74, 6) is 2.31. The van der Waals surface area contributed by atoms with E-state index in [4.69, 9.17) is 9.47 Å². The molecule has 100 valence electrons. The van der Waals surface area contributed by atoms with E-state index in [1.807, 2.05) is 0 Å². The van der Waals surface area contributed by atoms with Crippen molar-refractivity contribution in [1.29, 1.82) is 0 Å². The molecule has 0 N–H and O–H groups in total. The van der Waals surface area contributed by atoms with Gasteiger partial charge in [0.25, 0.3) is 0 Å². The third-order valence-electron chi connectivity index (χ3n) is 4.62. The van der Waals surface area contributed by atoms with E-state index in [2.05, 4.69) is 20.8 Å². The summed E-state index contributed by atoms with van der Waals surface area (Å²) in [6.07, 6.45) is 8.03. The molecule has 2 fully saturated rings. The summed E-state index contributed by atoms with van der Waals surface area (Å²) in [5, 5.41) is 0. The fraction of sp³-hybridized carbons (Fsp3) is 1.00. The van der Waals surface area contributed by atoms with Gasteiger partial charge in [0, 0.05) is 13.0 Å². The highest BCUT2D eigenvalue weighted by Crippen LogP contribution is 2.36. The highest BCUT2D eigenvalue weighted by Gasteiger charge is 2.33. The van der Waals surface area contributed by atoms with Crippen molar-refractivity contribution in [3.8, 4) is 0 Å². The van der Waals surface area contributed by atoms with Gasteiger partial charge < -0.3 is 9.47 Å². The molecule has 1 saturated carbocycles. The summed E-state index contributed by atoms with van der Waals surface area (Å²) in [6, 6.07) is 0. The molecule has 1 aliphatic carbocycles. The second-order valence-electron chi connectivity index (χ2n) is 6.11. The molecule has 0 spiro atoms. The molecule has 2 nitrogen and oxygen atoms in total. The first kappa shape index (κ1) is 13.4. The van der Waals surface area contributed by atoms with E-state index in [9.17, 15) is 0 Å². The SMILES string of the molecule is CC[C@H]1CCOC(OC2CCCC2C(C)C)C1. The number of hydrogen-bond donors (Lipinski definition) is 0. The quantitative estimate of drug-likeness (QED) is 0.739. The van der Waals surface area contributed by atoms with Gasteiger partial charge in [-0.25, -0.2) is 0 Å². The minimum absolute atomic E-state index is 0.0815. The molecule has 3 unspecified atom stereocenters. The first-order valence-corrected chi connectivity index (χ1v) is 7.47. The van der Waals surface area contributed by atoms with E-state index in [0.29, 0.717) is 6.10 Å². The zero-order valence-electron chi connectivity index (χ0n) is 11.7. The number of ether oxygens (including phenoxy) is 2. The van der Waals surface area contributed by atoms with Crippen LogP contribution in [-0.2, 0) is 9.47 Å². The molecule has 0 amide bonds. The van der Waals surface area contributed by atoms with Crippen molar-refractivity contribution in [3.05, 3.63) is 0 Å². The predicted molar refractivity (Wildman–Crippen MR) is 69.8 cm³/mol. The Balaban J connectivity index is 1.83. The Kier molecular flexibility index (Phi) is 4.87. The van der Waals surface area contributed by atoms with Gasteiger partial charge in [0.1, 0.15) is 0 Å². The summed E-state index contributed by atoms with van der Waals surface area (Å²) < 4.78 is 12.0. The van der Waals surface area contributed by atoms with Crippen molar-refractivity contribution < 1.29 is 9.47 Å². The molecule has 1 heterocycles. The van der Waals surface area contributed by atoms with Crippen LogP contribution >= 0.6 is 0 Å². The molecule has 0 radical (unpaired) electrons. The first-order chi connectivity index (χ1) is 8.20. The molecule has 4 atom stereocenters. The van der Waals surface area contributed by atoms with E-state index in [1.165, 1.54) is 32.1 Å². The fourth-order valence-electron chi connectivity index (χ4n) is 3.37. The Labute approximate surface area is 106 Å². The van der Waals surface area contributed by atoms with Gasteiger partial charge in [-0.1, -0.05) is 33.6 Å². The van der Waals surface area contributed by atoms with Gasteiger partial charge in [-0.2, -0.15) is 0 Å². The Bertz CT molecular complexity index is 227. The lowest BCUT2D eigenvalue weighted by Gasteiger charge is -2.33. The van der Waals surface area contributed by atoms with Crippen molar-refractivity contribution in [3.63, 3.8) is 0 Å². The van der Waals surface area contributed by atoms with Crippen molar-refractivity contribution >= 4 is 0 Å². The van der Waals surface area contributed by atoms with Crippen LogP contribution < -0.4 is 0 Å². The van der Waals surface area contributed by atoms with E-state index >= 15 is 0 Å². The highest BCUT2D eigenvalue weighted by molar-refractivity contribution is 4.81. The molecule has 0 aromatic carbocycles. The normalized spacial score (nSPS) is 38.8. The maximum Gasteiger partial charge on any atom is 0.158 e. The lowest BCUT2D eigenvalue weighted by Crippen LogP contribution is -2.34. The molecular formula is C15H28O2. The van der Waals surface area contributed by atoms with Crippen molar-refractivity contribution in [2.75, 3.05) is 6.61 Å². The monoisotopic (exact) mass is 240 g/mol. The molecule has 1 saturated heterocycles. The van der Waals surface area contributed by atoms with Gasteiger partial charge in [0.05, 0.1) is 6.10 Å². The second kappa shape index (κ2) is 6.19. The van der Waals surface area contributed by atoms with E-state index in [0.717, 1.165) is 30.8 Å². The molecule has 2 heteroatoms. The molecule has 2 aliphatic rings. The Morgan fingerprint density at radius 3 is 2.76 bits per heavy atom. The highest BCUT2D eigenvalue weighted by atomic mass is 16.7. The van der Waals surface area contributed by atoms with Crippen LogP contribution in [0.15, 0.2) is 0 Å². The predicted octanol–water partition coefficient (Wildman–Crippen LogP) is 3.99. The Hall–Kier alpha value is -0.0800. The topological polar surface area (TPSA) is 18.5 Å². The zero-order valence-corrected chi connectivity index (χ0v) is 11.7. The van der Waals surface area contributed by atoms with E-state index < -0.39 is 0 Å². The number of hydrogen-bond acceptors (Lipinski definition) is 2. The lowest BCUT2D eigenvalue weighted by molar-refractivity contribution is -0.206. The summed E-state index contributed by atoms with van der Waals surface area (Å²) >= 11 is 0. The van der Waals surface area contributed by atoms with Crippen LogP contribution in [0.25, 0.3) is 0 Å². The van der Waals surface area contributed by atoms with Crippen molar-refractivity contribution in [2.24, 2.45) is 17.8 Å². The smallest absolute Gasteiger partial charge is 0.158 e. The second-order valence-corrected chi connectivity index (χ2v) is 6.11. The van der Waals surface area contributed by atoms with Gasteiger partial charge in [0.2, 0.25) is 0 Å². The van der Waals surface area contributed by atoms with Gasteiger partial charge in [-0.05, 0) is 37.0 Å². The lowest BCUT2D eigenvalue weighted by atomic mass is 9.92. The maximum atomic E-state index is 6.24. The minimum Gasteiger partial charge on any atom is -0.353 e. The van der Waals surface area contributed by atoms with Gasteiger partial charge in [-0.3, -0.25) is 0 Å². The van der Waals surface area contributed by atoms with Crippen molar-refractivity contribution in [1.82, 2.24) is 0 Å². The van der Waals surface area contributed by atoms with Crippen molar-refractivity contribution in [2.45, 2.75) is 71.7 Å². The average molecular weight is 240 g/mol. The van der Waals surface area contributed by atoms with Crippen LogP contribution in [0, 0.1) is 17.8 Å². The largest absolute Gasteiger partial charge is 0.353 e. The summed E-state index contributed by atoms with van der Waals surface area (Å²) in [6.45, 7) is 7.81. The van der Waals surface area contributed by atoms with E-state index in [1.54, 1.807) is 0 Å². The third kappa shape index (κ3) is 3.45. The fourth-order valence-corrected chi connectivity index (χ4v) is 3.37. The first-order valence-electron chi connectivity index (χ1n) is 7.47. The summed E-state index contributed by atoms with van der Waals surface area (Å²) in [4.78, 5) is 0. The van der Waals surface area contributed by atoms with Crippen LogP contribution in [0.3, 0.4) is 0 Å². The zero-order chi connectivity index (χ0) is 12.3. The maximum absolute atomic E-state index is 6.24. The Morgan fingerprint density at radius 2 is 2.06 bits per heavy atom. The Morgan fingerprint density at radius 1 is 1.24 bits per heavy atom. The van der Waals surface area contributed by atoms with Gasteiger partial charge in [0.15, 0.2) is 6.29 Å². The molecule has 1 aliphatic heterocycles. The standard InChI is InChI=1S/C15H28O2/c1-4-12-8-9-16-15(10-12)17-14-7-5-6-13(14)11(2)3/h11-15H,4-10H2,1-3H3/t12-,13?,14?,15?/m0/s1. The minimum atomic E-state index is 0.0815. The van der Waals surface area contributed by atoms with Crippen LogP contribution in [0.2, 0.25) is 0 Å². The average Bonchev–Trinajstić information content (AvgIpc) is 2.77. The molecule has 0 bridgehead atoms. The van der Waals surface area contributed by atoms with E-state index in [-0.39, 0.29) is 6.29 Å². The van der Waals surface area contributed by atoms with Gasteiger partial charge in [-0.15, -0.1) is 0 Å². The number of rotatable bonds is 4. The summed E-state index contributed by atoms with van der Waals surface area (Å²) in [5.41, 5.74) is 0.